The Bertz CT molecular complexity index is 176. The van der Waals surface area contributed by atoms with Crippen LogP contribution >= 0.6 is 0 Å². The molecule has 4 N–H and O–H groups in total. The lowest BCUT2D eigenvalue weighted by molar-refractivity contribution is 0.0708. The van der Waals surface area contributed by atoms with Gasteiger partial charge in [-0.15, -0.1) is 0 Å². The molecule has 0 amide bonds. The molecule has 0 bridgehead atoms. The van der Waals surface area contributed by atoms with Gasteiger partial charge in [-0.2, -0.15) is 0 Å². The molecule has 0 fully saturated rings. The lowest BCUT2D eigenvalue weighted by Crippen LogP contribution is -2.19. The van der Waals surface area contributed by atoms with Gasteiger partial charge in [0.05, 0.1) is 11.9 Å². The molecule has 0 radical (unpaired) electrons. The van der Waals surface area contributed by atoms with E-state index in [2.05, 4.69) is 13.2 Å². The van der Waals surface area contributed by atoms with E-state index in [1.54, 1.807) is 0 Å². The molecule has 0 aliphatic heterocycles. The summed E-state index contributed by atoms with van der Waals surface area (Å²) in [6, 6.07) is 0. The summed E-state index contributed by atoms with van der Waals surface area (Å²) in [6.07, 6.45) is -2.14. The van der Waals surface area contributed by atoms with Crippen LogP contribution in [0, 0.1) is 0 Å². The quantitative estimate of drug-likeness (QED) is 0.461. The van der Waals surface area contributed by atoms with Crippen LogP contribution in [0.15, 0.2) is 24.7 Å². The molecule has 70 valence electrons. The van der Waals surface area contributed by atoms with Crippen molar-refractivity contribution in [2.75, 3.05) is 0 Å². The van der Waals surface area contributed by atoms with E-state index in [0.29, 0.717) is 0 Å². The molecule has 0 aliphatic rings. The van der Waals surface area contributed by atoms with Gasteiger partial charge in [-0.25, -0.2) is 0 Å². The molecule has 0 saturated carbocycles. The fraction of sp³-hybridized carbons (Fsp3) is 0.500. The minimum Gasteiger partial charge on any atom is -0.513 e. The molecular formula is C8H14O4. The zero-order chi connectivity index (χ0) is 9.72. The molecule has 12 heavy (non-hydrogen) atoms. The van der Waals surface area contributed by atoms with Crippen LogP contribution < -0.4 is 0 Å². The third kappa shape index (κ3) is 4.76. The van der Waals surface area contributed by atoms with Crippen LogP contribution in [0.5, 0.6) is 0 Å². The van der Waals surface area contributed by atoms with Gasteiger partial charge < -0.3 is 20.4 Å². The van der Waals surface area contributed by atoms with E-state index < -0.39 is 18.0 Å². The first-order valence-corrected chi connectivity index (χ1v) is 3.54. The fourth-order valence-electron chi connectivity index (χ4n) is 0.749. The summed E-state index contributed by atoms with van der Waals surface area (Å²) >= 11 is 0. The zero-order valence-electron chi connectivity index (χ0n) is 6.77. The summed E-state index contributed by atoms with van der Waals surface area (Å²) < 4.78 is 0. The van der Waals surface area contributed by atoms with Gasteiger partial charge in [0.15, 0.2) is 0 Å². The Balaban J connectivity index is 3.76. The van der Waals surface area contributed by atoms with Crippen molar-refractivity contribution in [3.8, 4) is 0 Å². The molecule has 0 unspecified atom stereocenters. The topological polar surface area (TPSA) is 80.9 Å². The maximum atomic E-state index is 9.11. The van der Waals surface area contributed by atoms with Crippen LogP contribution in [-0.2, 0) is 0 Å². The van der Waals surface area contributed by atoms with Crippen molar-refractivity contribution in [2.45, 2.75) is 25.0 Å². The fourth-order valence-corrected chi connectivity index (χ4v) is 0.749. The summed E-state index contributed by atoms with van der Waals surface area (Å²) in [5.41, 5.74) is 0. The molecule has 0 aliphatic carbocycles. The smallest absolute Gasteiger partial charge is 0.114 e. The van der Waals surface area contributed by atoms with Crippen LogP contribution in [0.4, 0.5) is 0 Å². The van der Waals surface area contributed by atoms with E-state index in [1.807, 2.05) is 0 Å². The Hall–Kier alpha value is -1.00. The van der Waals surface area contributed by atoms with Gasteiger partial charge in [0.25, 0.3) is 0 Å². The highest BCUT2D eigenvalue weighted by Gasteiger charge is 2.14. The predicted octanol–water partition coefficient (Wildman–Crippen LogP) is 0.632. The van der Waals surface area contributed by atoms with Gasteiger partial charge in [0.2, 0.25) is 0 Å². The first-order chi connectivity index (χ1) is 5.43. The molecule has 0 heterocycles. The zero-order valence-corrected chi connectivity index (χ0v) is 6.77. The first-order valence-electron chi connectivity index (χ1n) is 3.54. The molecular weight excluding hydrogens is 160 g/mol. The number of rotatable bonds is 5. The SMILES string of the molecule is C=C(O)C[C@@H](O)C[C@H](O)C(=C)O. The van der Waals surface area contributed by atoms with Gasteiger partial charge in [-0.3, -0.25) is 0 Å². The largest absolute Gasteiger partial charge is 0.513 e. The maximum Gasteiger partial charge on any atom is 0.114 e. The Morgan fingerprint density at radius 2 is 1.67 bits per heavy atom. The maximum absolute atomic E-state index is 9.11. The number of hydrogen-bond acceptors (Lipinski definition) is 4. The van der Waals surface area contributed by atoms with Gasteiger partial charge in [0.1, 0.15) is 11.9 Å². The average molecular weight is 174 g/mol. The molecule has 0 rings (SSSR count). The van der Waals surface area contributed by atoms with E-state index in [9.17, 15) is 0 Å². The van der Waals surface area contributed by atoms with E-state index in [-0.39, 0.29) is 18.6 Å². The first kappa shape index (κ1) is 11.0. The molecule has 0 aromatic heterocycles. The summed E-state index contributed by atoms with van der Waals surface area (Å²) in [5.74, 6) is -0.546. The molecule has 0 aromatic carbocycles. The molecule has 0 spiro atoms. The summed E-state index contributed by atoms with van der Waals surface area (Å²) in [6.45, 7) is 6.27. The molecule has 4 heteroatoms. The highest BCUT2D eigenvalue weighted by molar-refractivity contribution is 4.92. The standard InChI is InChI=1S/C8H14O4/c1-5(9)3-7(11)4-8(12)6(2)10/h7-12H,1-4H2/t7-,8+/m1/s1. The van der Waals surface area contributed by atoms with Crippen molar-refractivity contribution in [1.82, 2.24) is 0 Å². The third-order valence-electron chi connectivity index (χ3n) is 1.35. The predicted molar refractivity (Wildman–Crippen MR) is 44.8 cm³/mol. The van der Waals surface area contributed by atoms with E-state index >= 15 is 0 Å². The van der Waals surface area contributed by atoms with Crippen LogP contribution in [-0.4, -0.2) is 32.6 Å². The van der Waals surface area contributed by atoms with Crippen molar-refractivity contribution in [3.05, 3.63) is 24.7 Å². The van der Waals surface area contributed by atoms with Crippen LogP contribution in [0.2, 0.25) is 0 Å². The number of hydrogen-bond donors (Lipinski definition) is 4. The van der Waals surface area contributed by atoms with E-state index in [4.69, 9.17) is 20.4 Å². The van der Waals surface area contributed by atoms with E-state index in [0.717, 1.165) is 0 Å². The highest BCUT2D eigenvalue weighted by Crippen LogP contribution is 2.09. The number of aliphatic hydroxyl groups is 4. The van der Waals surface area contributed by atoms with Crippen molar-refractivity contribution in [2.24, 2.45) is 0 Å². The second-order valence-corrected chi connectivity index (χ2v) is 2.67. The molecule has 2 atom stereocenters. The Kier molecular flexibility index (Phi) is 4.39. The van der Waals surface area contributed by atoms with Gasteiger partial charge in [-0.05, 0) is 0 Å². The Morgan fingerprint density at radius 1 is 1.17 bits per heavy atom. The monoisotopic (exact) mass is 174 g/mol. The van der Waals surface area contributed by atoms with Crippen LogP contribution in [0.3, 0.4) is 0 Å². The molecule has 0 aromatic rings. The normalized spacial score (nSPS) is 15.2. The van der Waals surface area contributed by atoms with Crippen LogP contribution in [0.25, 0.3) is 0 Å². The summed E-state index contributed by atoms with van der Waals surface area (Å²) in [5, 5.41) is 35.4. The summed E-state index contributed by atoms with van der Waals surface area (Å²) in [4.78, 5) is 0. The van der Waals surface area contributed by atoms with Crippen molar-refractivity contribution in [3.63, 3.8) is 0 Å². The van der Waals surface area contributed by atoms with Crippen molar-refractivity contribution >= 4 is 0 Å². The minimum absolute atomic E-state index is 0.00958. The van der Waals surface area contributed by atoms with Crippen molar-refractivity contribution in [1.29, 1.82) is 0 Å². The second kappa shape index (κ2) is 4.79. The van der Waals surface area contributed by atoms with Crippen LogP contribution in [0.1, 0.15) is 12.8 Å². The van der Waals surface area contributed by atoms with Gasteiger partial charge in [-0.1, -0.05) is 13.2 Å². The Morgan fingerprint density at radius 3 is 2.00 bits per heavy atom. The van der Waals surface area contributed by atoms with Gasteiger partial charge >= 0.3 is 0 Å². The number of aliphatic hydroxyl groups excluding tert-OH is 4. The lowest BCUT2D eigenvalue weighted by atomic mass is 10.1. The average Bonchev–Trinajstić information content (AvgIpc) is 1.84. The van der Waals surface area contributed by atoms with Crippen molar-refractivity contribution < 1.29 is 20.4 Å². The Labute approximate surface area is 71.1 Å². The summed E-state index contributed by atoms with van der Waals surface area (Å²) in [7, 11) is 0. The highest BCUT2D eigenvalue weighted by atomic mass is 16.3. The molecule has 4 nitrogen and oxygen atoms in total. The third-order valence-corrected chi connectivity index (χ3v) is 1.35. The van der Waals surface area contributed by atoms with E-state index in [1.165, 1.54) is 0 Å². The minimum atomic E-state index is -1.15. The van der Waals surface area contributed by atoms with Gasteiger partial charge in [0, 0.05) is 12.8 Å². The lowest BCUT2D eigenvalue weighted by Gasteiger charge is -2.13. The molecule has 0 saturated heterocycles. The second-order valence-electron chi connectivity index (χ2n) is 2.67.